The van der Waals surface area contributed by atoms with E-state index in [0.29, 0.717) is 5.92 Å². The van der Waals surface area contributed by atoms with Gasteiger partial charge in [-0.3, -0.25) is 0 Å². The minimum Gasteiger partial charge on any atom is -0.396 e. The number of rotatable bonds is 3. The van der Waals surface area contributed by atoms with Crippen molar-refractivity contribution in [1.29, 1.82) is 0 Å². The number of hydrogen-bond donors (Lipinski definition) is 1. The highest BCUT2D eigenvalue weighted by molar-refractivity contribution is 5.61. The molecule has 1 aliphatic heterocycles. The molecule has 2 heteroatoms. The first kappa shape index (κ1) is 10.5. The topological polar surface area (TPSA) is 23.5 Å². The normalized spacial score (nSPS) is 19.4. The second-order valence-corrected chi connectivity index (χ2v) is 4.31. The second kappa shape index (κ2) is 4.23. The summed E-state index contributed by atoms with van der Waals surface area (Å²) >= 11 is 0. The zero-order valence-corrected chi connectivity index (χ0v) is 9.53. The van der Waals surface area contributed by atoms with Crippen LogP contribution in [0.15, 0.2) is 18.2 Å². The number of fused-ring (bicyclic) bond motifs is 1. The summed E-state index contributed by atoms with van der Waals surface area (Å²) in [5.74, 6) is 0.624. The van der Waals surface area contributed by atoms with Crippen LogP contribution < -0.4 is 4.90 Å². The van der Waals surface area contributed by atoms with Crippen LogP contribution in [0.4, 0.5) is 5.69 Å². The Balaban J connectivity index is 2.32. The van der Waals surface area contributed by atoms with Gasteiger partial charge >= 0.3 is 0 Å². The molecule has 0 amide bonds. The minimum atomic E-state index is 0.241. The molecule has 82 valence electrons. The molecule has 0 radical (unpaired) electrons. The van der Waals surface area contributed by atoms with Gasteiger partial charge in [-0.1, -0.05) is 19.1 Å². The number of aliphatic hydroxyl groups excluding tert-OH is 1. The molecule has 1 aromatic rings. The number of aliphatic hydroxyl groups is 1. The van der Waals surface area contributed by atoms with E-state index in [1.54, 1.807) is 0 Å². The predicted octanol–water partition coefficient (Wildman–Crippen LogP) is 2.16. The third kappa shape index (κ3) is 1.86. The smallest absolute Gasteiger partial charge is 0.0471 e. The van der Waals surface area contributed by atoms with Crippen molar-refractivity contribution in [1.82, 2.24) is 0 Å². The molecule has 0 saturated heterocycles. The van der Waals surface area contributed by atoms with E-state index in [4.69, 9.17) is 5.11 Å². The van der Waals surface area contributed by atoms with Crippen molar-refractivity contribution in [2.45, 2.75) is 26.2 Å². The zero-order chi connectivity index (χ0) is 10.8. The molecular weight excluding hydrogens is 186 g/mol. The van der Waals surface area contributed by atoms with Gasteiger partial charge in [-0.15, -0.1) is 0 Å². The maximum absolute atomic E-state index is 8.92. The van der Waals surface area contributed by atoms with Crippen LogP contribution in [0.2, 0.25) is 0 Å². The minimum absolute atomic E-state index is 0.241. The van der Waals surface area contributed by atoms with Crippen LogP contribution in [0.3, 0.4) is 0 Å². The molecule has 1 aromatic carbocycles. The van der Waals surface area contributed by atoms with Gasteiger partial charge < -0.3 is 10.0 Å². The van der Waals surface area contributed by atoms with Crippen LogP contribution in [0.25, 0.3) is 0 Å². The van der Waals surface area contributed by atoms with Gasteiger partial charge in [-0.05, 0) is 30.5 Å². The summed E-state index contributed by atoms with van der Waals surface area (Å²) in [6.07, 6.45) is 0.770. The SMILES string of the molecule is CCN1CC(C)c2cc(CCO)ccc21. The number of nitrogens with zero attached hydrogens (tertiary/aromatic N) is 1. The number of anilines is 1. The highest BCUT2D eigenvalue weighted by atomic mass is 16.2. The van der Waals surface area contributed by atoms with Gasteiger partial charge in [-0.25, -0.2) is 0 Å². The maximum atomic E-state index is 8.92. The van der Waals surface area contributed by atoms with E-state index in [2.05, 4.69) is 36.9 Å². The first-order valence-corrected chi connectivity index (χ1v) is 5.75. The van der Waals surface area contributed by atoms with Crippen LogP contribution >= 0.6 is 0 Å². The van der Waals surface area contributed by atoms with Crippen LogP contribution in [0.1, 0.15) is 30.9 Å². The average molecular weight is 205 g/mol. The summed E-state index contributed by atoms with van der Waals surface area (Å²) < 4.78 is 0. The summed E-state index contributed by atoms with van der Waals surface area (Å²) in [5, 5.41) is 8.92. The van der Waals surface area contributed by atoms with Gasteiger partial charge in [0, 0.05) is 31.3 Å². The summed E-state index contributed by atoms with van der Waals surface area (Å²) in [6, 6.07) is 6.59. The molecule has 1 N–H and O–H groups in total. The van der Waals surface area contributed by atoms with E-state index in [0.717, 1.165) is 19.5 Å². The van der Waals surface area contributed by atoms with Gasteiger partial charge in [0.25, 0.3) is 0 Å². The predicted molar refractivity (Wildman–Crippen MR) is 63.5 cm³/mol. The lowest BCUT2D eigenvalue weighted by molar-refractivity contribution is 0.299. The fraction of sp³-hybridized carbons (Fsp3) is 0.538. The first-order valence-electron chi connectivity index (χ1n) is 5.75. The lowest BCUT2D eigenvalue weighted by Crippen LogP contribution is -2.20. The van der Waals surface area contributed by atoms with Crippen LogP contribution in [-0.2, 0) is 6.42 Å². The Morgan fingerprint density at radius 3 is 2.93 bits per heavy atom. The van der Waals surface area contributed by atoms with E-state index in [9.17, 15) is 0 Å². The number of benzene rings is 1. The fourth-order valence-corrected chi connectivity index (χ4v) is 2.40. The zero-order valence-electron chi connectivity index (χ0n) is 9.53. The molecule has 0 spiro atoms. The quantitative estimate of drug-likeness (QED) is 0.817. The molecule has 0 bridgehead atoms. The van der Waals surface area contributed by atoms with E-state index < -0.39 is 0 Å². The number of likely N-dealkylation sites (N-methyl/N-ethyl adjacent to an activating group) is 1. The van der Waals surface area contributed by atoms with Crippen molar-refractivity contribution in [2.75, 3.05) is 24.6 Å². The first-order chi connectivity index (χ1) is 7.26. The van der Waals surface area contributed by atoms with E-state index in [1.165, 1.54) is 16.8 Å². The summed E-state index contributed by atoms with van der Waals surface area (Å²) in [4.78, 5) is 2.42. The lowest BCUT2D eigenvalue weighted by Gasteiger charge is -2.16. The molecule has 1 heterocycles. The third-order valence-corrected chi connectivity index (χ3v) is 3.24. The molecule has 0 fully saturated rings. The average Bonchev–Trinajstić information content (AvgIpc) is 2.56. The fourth-order valence-electron chi connectivity index (χ4n) is 2.40. The molecule has 2 rings (SSSR count). The summed E-state index contributed by atoms with van der Waals surface area (Å²) in [5.41, 5.74) is 4.08. The lowest BCUT2D eigenvalue weighted by atomic mass is 10.00. The standard InChI is InChI=1S/C13H19NO/c1-3-14-9-10(2)12-8-11(6-7-15)4-5-13(12)14/h4-5,8,10,15H,3,6-7,9H2,1-2H3. The number of hydrogen-bond acceptors (Lipinski definition) is 2. The largest absolute Gasteiger partial charge is 0.396 e. The van der Waals surface area contributed by atoms with Gasteiger partial charge in [0.05, 0.1) is 0 Å². The third-order valence-electron chi connectivity index (χ3n) is 3.24. The molecule has 2 nitrogen and oxygen atoms in total. The molecule has 15 heavy (non-hydrogen) atoms. The Hall–Kier alpha value is -1.02. The van der Waals surface area contributed by atoms with Crippen LogP contribution in [-0.4, -0.2) is 24.8 Å². The Labute approximate surface area is 91.5 Å². The Kier molecular flexibility index (Phi) is 2.96. The second-order valence-electron chi connectivity index (χ2n) is 4.31. The monoisotopic (exact) mass is 205 g/mol. The van der Waals surface area contributed by atoms with Crippen LogP contribution in [0.5, 0.6) is 0 Å². The molecule has 1 atom stereocenters. The Bertz CT molecular complexity index is 348. The maximum Gasteiger partial charge on any atom is 0.0471 e. The Morgan fingerprint density at radius 1 is 1.47 bits per heavy atom. The van der Waals surface area contributed by atoms with Crippen molar-refractivity contribution in [3.63, 3.8) is 0 Å². The van der Waals surface area contributed by atoms with Crippen LogP contribution in [0, 0.1) is 0 Å². The molecule has 0 aromatic heterocycles. The van der Waals surface area contributed by atoms with Gasteiger partial charge in [-0.2, -0.15) is 0 Å². The van der Waals surface area contributed by atoms with Crippen molar-refractivity contribution in [3.05, 3.63) is 29.3 Å². The summed E-state index contributed by atoms with van der Waals surface area (Å²) in [6.45, 7) is 6.93. The molecule has 0 saturated carbocycles. The van der Waals surface area contributed by atoms with Crippen molar-refractivity contribution >= 4 is 5.69 Å². The molecular formula is C13H19NO. The van der Waals surface area contributed by atoms with Crippen molar-refractivity contribution in [2.24, 2.45) is 0 Å². The van der Waals surface area contributed by atoms with Gasteiger partial charge in [0.15, 0.2) is 0 Å². The van der Waals surface area contributed by atoms with Crippen molar-refractivity contribution in [3.8, 4) is 0 Å². The van der Waals surface area contributed by atoms with Gasteiger partial charge in [0.1, 0.15) is 0 Å². The molecule has 1 unspecified atom stereocenters. The highest BCUT2D eigenvalue weighted by Crippen LogP contribution is 2.36. The molecule has 0 aliphatic carbocycles. The van der Waals surface area contributed by atoms with E-state index in [1.807, 2.05) is 0 Å². The summed E-state index contributed by atoms with van der Waals surface area (Å²) in [7, 11) is 0. The Morgan fingerprint density at radius 2 is 2.27 bits per heavy atom. The van der Waals surface area contributed by atoms with Gasteiger partial charge in [0.2, 0.25) is 0 Å². The molecule has 1 aliphatic rings. The van der Waals surface area contributed by atoms with Crippen molar-refractivity contribution < 1.29 is 5.11 Å². The highest BCUT2D eigenvalue weighted by Gasteiger charge is 2.24. The van der Waals surface area contributed by atoms with E-state index >= 15 is 0 Å². The van der Waals surface area contributed by atoms with E-state index in [-0.39, 0.29) is 6.61 Å².